The van der Waals surface area contributed by atoms with Gasteiger partial charge in [0.2, 0.25) is 0 Å². The van der Waals surface area contributed by atoms with Crippen molar-refractivity contribution in [3.63, 3.8) is 0 Å². The molecule has 0 atom stereocenters. The van der Waals surface area contributed by atoms with Crippen LogP contribution in [0.2, 0.25) is 19.6 Å². The van der Waals surface area contributed by atoms with E-state index in [1.165, 1.54) is 27.3 Å². The van der Waals surface area contributed by atoms with Crippen LogP contribution in [0.3, 0.4) is 0 Å². The van der Waals surface area contributed by atoms with Gasteiger partial charge in [0.25, 0.3) is 0 Å². The lowest BCUT2D eigenvalue weighted by atomic mass is 10.0. The molecule has 0 aliphatic carbocycles. The molecule has 0 saturated heterocycles. The molecule has 1 aromatic heterocycles. The largest absolute Gasteiger partial charge is 0.248 e. The average molecular weight is 305 g/mol. The van der Waals surface area contributed by atoms with Crippen LogP contribution in [-0.4, -0.2) is 13.1 Å². The molecule has 0 aliphatic rings. The van der Waals surface area contributed by atoms with Gasteiger partial charge in [0.05, 0.1) is 19.3 Å². The molecule has 1 nitrogen and oxygen atoms in total. The van der Waals surface area contributed by atoms with Crippen LogP contribution in [0, 0.1) is 13.8 Å². The van der Waals surface area contributed by atoms with Crippen LogP contribution in [0.4, 0.5) is 0 Å². The van der Waals surface area contributed by atoms with Gasteiger partial charge in [-0.15, -0.1) is 0 Å². The topological polar surface area (TPSA) is 12.9 Å². The maximum absolute atomic E-state index is 4.85. The molecule has 22 heavy (non-hydrogen) atoms. The number of hydrogen-bond donors (Lipinski definition) is 0. The van der Waals surface area contributed by atoms with Gasteiger partial charge in [0.15, 0.2) is 0 Å². The van der Waals surface area contributed by atoms with Crippen molar-refractivity contribution in [2.24, 2.45) is 0 Å². The van der Waals surface area contributed by atoms with Gasteiger partial charge < -0.3 is 0 Å². The molecule has 1 heterocycles. The zero-order valence-electron chi connectivity index (χ0n) is 14.1. The predicted octanol–water partition coefficient (Wildman–Crippen LogP) is 5.06. The maximum Gasteiger partial charge on any atom is 0.0776 e. The third-order valence-corrected chi connectivity index (χ3v) is 6.40. The SMILES string of the molecule is Cc1ccc(-c2ccc3cc([Si](C)(C)C)ccc3n2)cc1C. The highest BCUT2D eigenvalue weighted by atomic mass is 28.3. The standard InChI is InChI=1S/C20H23NSi/c1-14-6-7-16(12-15(14)2)19-10-8-17-13-18(22(3,4)5)9-11-20(17)21-19/h6-13H,1-5H3. The summed E-state index contributed by atoms with van der Waals surface area (Å²) in [4.78, 5) is 4.85. The first-order chi connectivity index (χ1) is 10.3. The molecule has 0 aliphatic heterocycles. The van der Waals surface area contributed by atoms with Crippen molar-refractivity contribution in [2.75, 3.05) is 0 Å². The number of pyridine rings is 1. The van der Waals surface area contributed by atoms with Crippen LogP contribution in [0.15, 0.2) is 48.5 Å². The maximum atomic E-state index is 4.85. The van der Waals surface area contributed by atoms with E-state index in [0.29, 0.717) is 0 Å². The van der Waals surface area contributed by atoms with Gasteiger partial charge in [-0.25, -0.2) is 4.98 Å². The lowest BCUT2D eigenvalue weighted by Crippen LogP contribution is -2.37. The van der Waals surface area contributed by atoms with Crippen LogP contribution in [0.25, 0.3) is 22.2 Å². The number of aryl methyl sites for hydroxylation is 2. The van der Waals surface area contributed by atoms with Crippen molar-refractivity contribution in [1.82, 2.24) is 4.98 Å². The molecule has 2 aromatic carbocycles. The van der Waals surface area contributed by atoms with Crippen molar-refractivity contribution >= 4 is 24.2 Å². The lowest BCUT2D eigenvalue weighted by Gasteiger charge is -2.17. The summed E-state index contributed by atoms with van der Waals surface area (Å²) in [7, 11) is -1.27. The molecule has 2 heteroatoms. The monoisotopic (exact) mass is 305 g/mol. The first-order valence-corrected chi connectivity index (χ1v) is 11.3. The Bertz CT molecular complexity index is 844. The summed E-state index contributed by atoms with van der Waals surface area (Å²) in [5, 5.41) is 2.73. The Hall–Kier alpha value is -1.93. The molecule has 3 aromatic rings. The van der Waals surface area contributed by atoms with Gasteiger partial charge in [-0.2, -0.15) is 0 Å². The van der Waals surface area contributed by atoms with Gasteiger partial charge >= 0.3 is 0 Å². The quantitative estimate of drug-likeness (QED) is 0.603. The zero-order valence-corrected chi connectivity index (χ0v) is 15.1. The van der Waals surface area contributed by atoms with E-state index < -0.39 is 8.07 Å². The van der Waals surface area contributed by atoms with E-state index in [2.05, 4.69) is 82.0 Å². The van der Waals surface area contributed by atoms with Crippen molar-refractivity contribution in [1.29, 1.82) is 0 Å². The minimum absolute atomic E-state index is 1.05. The molecule has 112 valence electrons. The van der Waals surface area contributed by atoms with Crippen molar-refractivity contribution in [2.45, 2.75) is 33.5 Å². The normalized spacial score (nSPS) is 11.9. The van der Waals surface area contributed by atoms with Crippen LogP contribution in [-0.2, 0) is 0 Å². The lowest BCUT2D eigenvalue weighted by molar-refractivity contribution is 1.32. The minimum atomic E-state index is -1.27. The molecule has 0 spiro atoms. The second kappa shape index (κ2) is 5.36. The van der Waals surface area contributed by atoms with Crippen molar-refractivity contribution < 1.29 is 0 Å². The van der Waals surface area contributed by atoms with Crippen molar-refractivity contribution in [3.05, 3.63) is 59.7 Å². The molecule has 0 radical (unpaired) electrons. The molecule has 0 amide bonds. The number of fused-ring (bicyclic) bond motifs is 1. The summed E-state index contributed by atoms with van der Waals surface area (Å²) < 4.78 is 0. The van der Waals surface area contributed by atoms with Crippen LogP contribution < -0.4 is 5.19 Å². The Morgan fingerprint density at radius 1 is 0.773 bits per heavy atom. The molecular formula is C20H23NSi. The first-order valence-electron chi connectivity index (χ1n) is 7.83. The number of rotatable bonds is 2. The Labute approximate surface area is 134 Å². The molecule has 0 unspecified atom stereocenters. The van der Waals surface area contributed by atoms with E-state index in [-0.39, 0.29) is 0 Å². The van der Waals surface area contributed by atoms with Gasteiger partial charge in [0, 0.05) is 10.9 Å². The molecule has 0 N–H and O–H groups in total. The highest BCUT2D eigenvalue weighted by molar-refractivity contribution is 6.88. The van der Waals surface area contributed by atoms with E-state index in [4.69, 9.17) is 4.98 Å². The second-order valence-corrected chi connectivity index (χ2v) is 12.2. The summed E-state index contributed by atoms with van der Waals surface area (Å²) in [5.74, 6) is 0. The van der Waals surface area contributed by atoms with Crippen LogP contribution in [0.5, 0.6) is 0 Å². The van der Waals surface area contributed by atoms with Crippen LogP contribution >= 0.6 is 0 Å². The fourth-order valence-electron chi connectivity index (χ4n) is 2.65. The number of hydrogen-bond acceptors (Lipinski definition) is 1. The summed E-state index contributed by atoms with van der Waals surface area (Å²) in [6, 6.07) is 17.6. The third kappa shape index (κ3) is 2.84. The van der Waals surface area contributed by atoms with Gasteiger partial charge in [-0.05, 0) is 43.2 Å². The Kier molecular flexibility index (Phi) is 3.65. The van der Waals surface area contributed by atoms with E-state index in [0.717, 1.165) is 11.2 Å². The molecule has 3 rings (SSSR count). The van der Waals surface area contributed by atoms with Gasteiger partial charge in [-0.1, -0.05) is 55.2 Å². The minimum Gasteiger partial charge on any atom is -0.248 e. The summed E-state index contributed by atoms with van der Waals surface area (Å²) in [6.07, 6.45) is 0. The number of benzene rings is 2. The third-order valence-electron chi connectivity index (χ3n) is 4.36. The van der Waals surface area contributed by atoms with E-state index in [1.807, 2.05) is 0 Å². The Morgan fingerprint density at radius 3 is 2.23 bits per heavy atom. The molecule has 0 fully saturated rings. The molecule has 0 bridgehead atoms. The number of aromatic nitrogens is 1. The van der Waals surface area contributed by atoms with E-state index >= 15 is 0 Å². The highest BCUT2D eigenvalue weighted by Gasteiger charge is 2.16. The first kappa shape index (κ1) is 15.0. The predicted molar refractivity (Wildman–Crippen MR) is 99.6 cm³/mol. The fourth-order valence-corrected chi connectivity index (χ4v) is 3.83. The van der Waals surface area contributed by atoms with Gasteiger partial charge in [0.1, 0.15) is 0 Å². The zero-order chi connectivity index (χ0) is 15.9. The summed E-state index contributed by atoms with van der Waals surface area (Å²) >= 11 is 0. The Morgan fingerprint density at radius 2 is 1.55 bits per heavy atom. The van der Waals surface area contributed by atoms with Crippen molar-refractivity contribution in [3.8, 4) is 11.3 Å². The van der Waals surface area contributed by atoms with Crippen LogP contribution in [0.1, 0.15) is 11.1 Å². The van der Waals surface area contributed by atoms with E-state index in [9.17, 15) is 0 Å². The molecular weight excluding hydrogens is 282 g/mol. The Balaban J connectivity index is 2.08. The van der Waals surface area contributed by atoms with Gasteiger partial charge in [-0.3, -0.25) is 0 Å². The fraction of sp³-hybridized carbons (Fsp3) is 0.250. The average Bonchev–Trinajstić information content (AvgIpc) is 2.48. The molecule has 0 saturated carbocycles. The number of nitrogens with zero attached hydrogens (tertiary/aromatic N) is 1. The highest BCUT2D eigenvalue weighted by Crippen LogP contribution is 2.23. The van der Waals surface area contributed by atoms with E-state index in [1.54, 1.807) is 0 Å². The smallest absolute Gasteiger partial charge is 0.0776 e. The summed E-state index contributed by atoms with van der Waals surface area (Å²) in [5.41, 5.74) is 5.96. The summed E-state index contributed by atoms with van der Waals surface area (Å²) in [6.45, 7) is 11.4. The second-order valence-electron chi connectivity index (χ2n) is 7.15.